The number of halogens is 1. The maximum atomic E-state index is 11.2. The molecule has 0 saturated carbocycles. The molecule has 2 N–H and O–H groups in total. The third kappa shape index (κ3) is 2.45. The van der Waals surface area contributed by atoms with E-state index in [1.54, 1.807) is 6.07 Å². The zero-order valence-electron chi connectivity index (χ0n) is 10.8. The van der Waals surface area contributed by atoms with Crippen molar-refractivity contribution < 1.29 is 10.4 Å². The normalized spacial score (nSPS) is 12.8. The third-order valence-electron chi connectivity index (χ3n) is 3.28. The molecule has 0 aliphatic carbocycles. The van der Waals surface area contributed by atoms with Crippen molar-refractivity contribution in [3.8, 4) is 11.1 Å². The molecular formula is C15H13IN2O2. The molecule has 1 aromatic carbocycles. The quantitative estimate of drug-likeness (QED) is 0.531. The number of pyridine rings is 1. The summed E-state index contributed by atoms with van der Waals surface area (Å²) in [6.45, 7) is 2.06. The van der Waals surface area contributed by atoms with Gasteiger partial charge in [-0.2, -0.15) is 5.23 Å². The van der Waals surface area contributed by atoms with Gasteiger partial charge in [-0.05, 0) is 64.9 Å². The number of hydrogen-bond donors (Lipinski definition) is 2. The number of rotatable bonds is 2. The van der Waals surface area contributed by atoms with Gasteiger partial charge >= 0.3 is 0 Å². The molecule has 20 heavy (non-hydrogen) atoms. The highest BCUT2D eigenvalue weighted by Crippen LogP contribution is 2.27. The van der Waals surface area contributed by atoms with Crippen molar-refractivity contribution in [2.45, 2.75) is 6.92 Å². The molecular weight excluding hydrogens is 367 g/mol. The van der Waals surface area contributed by atoms with Gasteiger partial charge in [0.05, 0.1) is 3.57 Å². The highest BCUT2D eigenvalue weighted by molar-refractivity contribution is 14.1. The Morgan fingerprint density at radius 2 is 1.95 bits per heavy atom. The van der Waals surface area contributed by atoms with Crippen LogP contribution >= 0.6 is 22.6 Å². The average molecular weight is 380 g/mol. The Bertz CT molecular complexity index is 781. The molecule has 2 heterocycles. The largest absolute Gasteiger partial charge is 0.595 e. The van der Waals surface area contributed by atoms with Crippen LogP contribution in [0.15, 0.2) is 48.8 Å². The molecule has 0 amide bonds. The predicted octanol–water partition coefficient (Wildman–Crippen LogP) is 2.92. The Labute approximate surface area is 129 Å². The summed E-state index contributed by atoms with van der Waals surface area (Å²) in [6, 6.07) is 11.7. The van der Waals surface area contributed by atoms with E-state index in [4.69, 9.17) is 0 Å². The number of fused-ring (bicyclic) bond motifs is 1. The van der Waals surface area contributed by atoms with Crippen LogP contribution in [0.25, 0.3) is 16.6 Å². The molecule has 2 aromatic heterocycles. The third-order valence-corrected chi connectivity index (χ3v) is 4.22. The lowest BCUT2D eigenvalue weighted by Crippen LogP contribution is -2.99. The van der Waals surface area contributed by atoms with Crippen LogP contribution in [0.1, 0.15) is 5.56 Å². The van der Waals surface area contributed by atoms with Gasteiger partial charge in [-0.15, -0.1) is 0 Å². The van der Waals surface area contributed by atoms with E-state index in [1.807, 2.05) is 57.6 Å². The van der Waals surface area contributed by atoms with Crippen molar-refractivity contribution >= 4 is 33.8 Å². The number of benzene rings is 1. The van der Waals surface area contributed by atoms with E-state index >= 15 is 0 Å². The van der Waals surface area contributed by atoms with Crippen molar-refractivity contribution in [1.29, 1.82) is 0 Å². The first-order valence-electron chi connectivity index (χ1n) is 6.16. The summed E-state index contributed by atoms with van der Waals surface area (Å²) in [5.41, 5.74) is 4.60. The molecule has 0 fully saturated rings. The highest BCUT2D eigenvalue weighted by Gasteiger charge is 2.10. The van der Waals surface area contributed by atoms with Gasteiger partial charge in [0.1, 0.15) is 0 Å². The standard InChI is InChI=1S/C15H13IN2O2/c1-10-4-5-17-9-12(7-13(17)6-10)11-2-3-14(16)15(8-11)18(19)20/h2-9,18-19H,1H3. The molecule has 5 heteroatoms. The van der Waals surface area contributed by atoms with Crippen LogP contribution in [0.3, 0.4) is 0 Å². The number of hydrogen-bond acceptors (Lipinski definition) is 2. The van der Waals surface area contributed by atoms with Gasteiger partial charge in [0.15, 0.2) is 5.69 Å². The fraction of sp³-hybridized carbons (Fsp3) is 0.0667. The second kappa shape index (κ2) is 5.17. The van der Waals surface area contributed by atoms with E-state index < -0.39 is 5.23 Å². The molecule has 0 bridgehead atoms. The summed E-state index contributed by atoms with van der Waals surface area (Å²) in [4.78, 5) is 0. The van der Waals surface area contributed by atoms with Crippen LogP contribution in [0.2, 0.25) is 0 Å². The molecule has 0 aliphatic heterocycles. The molecule has 3 aromatic rings. The zero-order chi connectivity index (χ0) is 14.3. The summed E-state index contributed by atoms with van der Waals surface area (Å²) in [5.74, 6) is 0. The lowest BCUT2D eigenvalue weighted by atomic mass is 10.1. The van der Waals surface area contributed by atoms with Crippen LogP contribution in [0.5, 0.6) is 0 Å². The van der Waals surface area contributed by atoms with Crippen LogP contribution in [-0.4, -0.2) is 9.61 Å². The van der Waals surface area contributed by atoms with Crippen LogP contribution in [-0.2, 0) is 0 Å². The monoisotopic (exact) mass is 380 g/mol. The average Bonchev–Trinajstić information content (AvgIpc) is 2.81. The first-order valence-corrected chi connectivity index (χ1v) is 7.24. The van der Waals surface area contributed by atoms with Crippen molar-refractivity contribution in [2.75, 3.05) is 0 Å². The molecule has 0 saturated heterocycles. The molecule has 0 aliphatic rings. The predicted molar refractivity (Wildman–Crippen MR) is 86.1 cm³/mol. The number of aromatic nitrogens is 1. The summed E-state index contributed by atoms with van der Waals surface area (Å²) in [7, 11) is 0. The number of nitrogens with one attached hydrogen (secondary N) is 1. The molecule has 3 rings (SSSR count). The first kappa shape index (κ1) is 13.6. The van der Waals surface area contributed by atoms with Gasteiger partial charge in [-0.25, -0.2) is 5.21 Å². The molecule has 1 atom stereocenters. The van der Waals surface area contributed by atoms with E-state index in [1.165, 1.54) is 5.56 Å². The summed E-state index contributed by atoms with van der Waals surface area (Å²) >= 11 is 2.04. The van der Waals surface area contributed by atoms with Gasteiger partial charge < -0.3 is 9.61 Å². The summed E-state index contributed by atoms with van der Waals surface area (Å²) in [5, 5.41) is 19.5. The van der Waals surface area contributed by atoms with Crippen molar-refractivity contribution in [3.05, 3.63) is 63.1 Å². The fourth-order valence-electron chi connectivity index (χ4n) is 2.25. The number of nitrogens with zero attached hydrogens (tertiary/aromatic N) is 1. The Morgan fingerprint density at radius 3 is 2.70 bits per heavy atom. The Hall–Kier alpha value is -1.41. The zero-order valence-corrected chi connectivity index (χ0v) is 13.0. The van der Waals surface area contributed by atoms with Gasteiger partial charge in [-0.3, -0.25) is 0 Å². The minimum absolute atomic E-state index is 0.342. The fourth-order valence-corrected chi connectivity index (χ4v) is 2.81. The Balaban J connectivity index is 2.13. The molecule has 0 spiro atoms. The molecule has 1 unspecified atom stereocenters. The van der Waals surface area contributed by atoms with E-state index in [0.29, 0.717) is 5.69 Å². The Kier molecular flexibility index (Phi) is 3.51. The lowest BCUT2D eigenvalue weighted by molar-refractivity contribution is -0.991. The van der Waals surface area contributed by atoms with Gasteiger partial charge in [0.25, 0.3) is 0 Å². The maximum Gasteiger partial charge on any atom is 0.177 e. The van der Waals surface area contributed by atoms with Gasteiger partial charge in [0.2, 0.25) is 0 Å². The van der Waals surface area contributed by atoms with Crippen LogP contribution in [0.4, 0.5) is 5.69 Å². The smallest absolute Gasteiger partial charge is 0.177 e. The SMILES string of the molecule is Cc1ccn2cc(-c3ccc(I)c([NH+]([O-])O)c3)cc2c1. The molecule has 0 radical (unpaired) electrons. The topological polar surface area (TPSA) is 52.1 Å². The minimum Gasteiger partial charge on any atom is -0.595 e. The summed E-state index contributed by atoms with van der Waals surface area (Å²) < 4.78 is 2.79. The van der Waals surface area contributed by atoms with Crippen molar-refractivity contribution in [2.24, 2.45) is 0 Å². The van der Waals surface area contributed by atoms with Crippen molar-refractivity contribution in [1.82, 2.24) is 4.40 Å². The van der Waals surface area contributed by atoms with Crippen LogP contribution in [0, 0.1) is 15.7 Å². The second-order valence-electron chi connectivity index (χ2n) is 4.76. The number of quaternary nitrogens is 1. The minimum atomic E-state index is -0.893. The molecule has 4 nitrogen and oxygen atoms in total. The van der Waals surface area contributed by atoms with E-state index in [2.05, 4.69) is 19.1 Å². The number of aryl methyl sites for hydroxylation is 1. The molecule has 102 valence electrons. The first-order chi connectivity index (χ1) is 9.54. The summed E-state index contributed by atoms with van der Waals surface area (Å²) in [6.07, 6.45) is 4.03. The van der Waals surface area contributed by atoms with E-state index in [9.17, 15) is 10.4 Å². The van der Waals surface area contributed by atoms with E-state index in [0.717, 1.165) is 20.2 Å². The van der Waals surface area contributed by atoms with Gasteiger partial charge in [-0.1, -0.05) is 6.07 Å². The van der Waals surface area contributed by atoms with Crippen LogP contribution < -0.4 is 5.23 Å². The van der Waals surface area contributed by atoms with Crippen molar-refractivity contribution in [3.63, 3.8) is 0 Å². The van der Waals surface area contributed by atoms with E-state index in [-0.39, 0.29) is 0 Å². The lowest BCUT2D eigenvalue weighted by Gasteiger charge is -2.14. The Morgan fingerprint density at radius 1 is 1.15 bits per heavy atom. The second-order valence-corrected chi connectivity index (χ2v) is 5.93. The highest BCUT2D eigenvalue weighted by atomic mass is 127. The van der Waals surface area contributed by atoms with Gasteiger partial charge in [0, 0.05) is 29.5 Å². The maximum absolute atomic E-state index is 11.2.